The third-order valence-electron chi connectivity index (χ3n) is 6.72. The number of fused-ring (bicyclic) bond motifs is 2. The van der Waals surface area contributed by atoms with Crippen LogP contribution in [0.3, 0.4) is 0 Å². The quantitative estimate of drug-likeness (QED) is 0.400. The highest BCUT2D eigenvalue weighted by molar-refractivity contribution is 5.93. The Balaban J connectivity index is 1.20. The first-order valence-corrected chi connectivity index (χ1v) is 11.7. The highest BCUT2D eigenvalue weighted by atomic mass is 15.1. The highest BCUT2D eigenvalue weighted by Crippen LogP contribution is 2.29. The Morgan fingerprint density at radius 1 is 0.812 bits per heavy atom. The summed E-state index contributed by atoms with van der Waals surface area (Å²) in [5, 5.41) is 11.4. The van der Waals surface area contributed by atoms with Crippen molar-refractivity contribution in [2.75, 3.05) is 24.3 Å². The van der Waals surface area contributed by atoms with Crippen molar-refractivity contribution in [2.24, 2.45) is 0 Å². The van der Waals surface area contributed by atoms with Gasteiger partial charge in [-0.2, -0.15) is 0 Å². The molecule has 0 unspecified atom stereocenters. The second-order valence-corrected chi connectivity index (χ2v) is 9.15. The molecule has 164 valence electrons. The Morgan fingerprint density at radius 2 is 1.50 bits per heavy atom. The summed E-state index contributed by atoms with van der Waals surface area (Å²) in [6.45, 7) is 0.933. The van der Waals surface area contributed by atoms with Crippen LogP contribution in [0.5, 0.6) is 0 Å². The van der Waals surface area contributed by atoms with E-state index in [1.807, 2.05) is 0 Å². The van der Waals surface area contributed by atoms with Gasteiger partial charge >= 0.3 is 0 Å². The number of aromatic nitrogens is 1. The Morgan fingerprint density at radius 3 is 2.31 bits per heavy atom. The number of nitrogens with zero attached hydrogens (tertiary/aromatic N) is 2. The third kappa shape index (κ3) is 4.42. The van der Waals surface area contributed by atoms with Crippen LogP contribution >= 0.6 is 0 Å². The van der Waals surface area contributed by atoms with E-state index in [0.29, 0.717) is 12.1 Å². The van der Waals surface area contributed by atoms with Crippen LogP contribution in [-0.4, -0.2) is 31.2 Å². The molecule has 0 saturated heterocycles. The van der Waals surface area contributed by atoms with Crippen molar-refractivity contribution in [3.8, 4) is 0 Å². The molecule has 4 nitrogen and oxygen atoms in total. The van der Waals surface area contributed by atoms with E-state index in [9.17, 15) is 0 Å². The second-order valence-electron chi connectivity index (χ2n) is 9.15. The van der Waals surface area contributed by atoms with Crippen LogP contribution in [0, 0.1) is 0 Å². The molecule has 0 radical (unpaired) electrons. The molecular weight excluding hydrogens is 392 g/mol. The zero-order valence-electron chi connectivity index (χ0n) is 19.0. The lowest BCUT2D eigenvalue weighted by Gasteiger charge is -2.30. The van der Waals surface area contributed by atoms with Gasteiger partial charge in [-0.25, -0.2) is 4.98 Å². The number of hydrogen-bond acceptors (Lipinski definition) is 4. The number of pyridine rings is 1. The van der Waals surface area contributed by atoms with Gasteiger partial charge in [0.15, 0.2) is 0 Å². The van der Waals surface area contributed by atoms with Gasteiger partial charge in [0.05, 0.1) is 5.52 Å². The maximum Gasteiger partial charge on any atom is 0.128 e. The minimum atomic E-state index is 0.481. The minimum absolute atomic E-state index is 0.481. The largest absolute Gasteiger partial charge is 0.377 e. The number of anilines is 2. The highest BCUT2D eigenvalue weighted by Gasteiger charge is 2.21. The van der Waals surface area contributed by atoms with Gasteiger partial charge in [0.2, 0.25) is 0 Å². The standard InChI is InChI=1S/C28H32N4/c1-32(2)27-18-28(31-26-13-6-5-12-25(26)27)30-23-16-14-22(15-17-23)29-19-21-10-7-9-20-8-3-4-11-24(20)21/h3-13,18,22-23,29H,14-17,19H2,1-2H3,(H,30,31)/t22-,23+. The molecule has 32 heavy (non-hydrogen) atoms. The molecule has 3 aromatic carbocycles. The van der Waals surface area contributed by atoms with Crippen molar-refractivity contribution in [3.05, 3.63) is 78.4 Å². The monoisotopic (exact) mass is 424 g/mol. The molecule has 5 rings (SSSR count). The summed E-state index contributed by atoms with van der Waals surface area (Å²) in [5.41, 5.74) is 3.65. The summed E-state index contributed by atoms with van der Waals surface area (Å²) in [4.78, 5) is 7.05. The molecule has 0 aliphatic heterocycles. The van der Waals surface area contributed by atoms with E-state index >= 15 is 0 Å². The average molecular weight is 425 g/mol. The molecule has 0 amide bonds. The van der Waals surface area contributed by atoms with Crippen LogP contribution in [0.2, 0.25) is 0 Å². The van der Waals surface area contributed by atoms with Crippen LogP contribution in [0.1, 0.15) is 31.2 Å². The normalized spacial score (nSPS) is 18.7. The summed E-state index contributed by atoms with van der Waals surface area (Å²) in [6.07, 6.45) is 4.71. The van der Waals surface area contributed by atoms with Gasteiger partial charge in [0.25, 0.3) is 0 Å². The lowest BCUT2D eigenvalue weighted by Crippen LogP contribution is -2.36. The van der Waals surface area contributed by atoms with Gasteiger partial charge < -0.3 is 15.5 Å². The van der Waals surface area contributed by atoms with E-state index in [1.165, 1.54) is 53.1 Å². The molecular formula is C28H32N4. The van der Waals surface area contributed by atoms with Gasteiger partial charge in [0, 0.05) is 49.9 Å². The predicted molar refractivity (Wildman–Crippen MR) is 137 cm³/mol. The van der Waals surface area contributed by atoms with Crippen molar-refractivity contribution in [3.63, 3.8) is 0 Å². The van der Waals surface area contributed by atoms with Gasteiger partial charge in [0.1, 0.15) is 5.82 Å². The van der Waals surface area contributed by atoms with E-state index in [-0.39, 0.29) is 0 Å². The molecule has 1 aliphatic carbocycles. The first kappa shape index (κ1) is 20.8. The first-order valence-electron chi connectivity index (χ1n) is 11.7. The van der Waals surface area contributed by atoms with Gasteiger partial charge in [-0.15, -0.1) is 0 Å². The molecule has 4 heteroatoms. The Labute approximate surface area is 190 Å². The Hall–Kier alpha value is -3.11. The van der Waals surface area contributed by atoms with E-state index in [1.54, 1.807) is 0 Å². The fourth-order valence-corrected chi connectivity index (χ4v) is 4.95. The number of hydrogen-bond donors (Lipinski definition) is 2. The Kier molecular flexibility index (Phi) is 5.95. The Bertz CT molecular complexity index is 1200. The number of benzene rings is 3. The molecule has 1 aromatic heterocycles. The fraction of sp³-hybridized carbons (Fsp3) is 0.321. The van der Waals surface area contributed by atoms with Gasteiger partial charge in [-0.1, -0.05) is 60.7 Å². The van der Waals surface area contributed by atoms with Crippen LogP contribution in [0.15, 0.2) is 72.8 Å². The van der Waals surface area contributed by atoms with Crippen molar-refractivity contribution in [1.29, 1.82) is 0 Å². The zero-order chi connectivity index (χ0) is 21.9. The van der Waals surface area contributed by atoms with E-state index < -0.39 is 0 Å². The molecule has 0 atom stereocenters. The second kappa shape index (κ2) is 9.17. The molecule has 1 fully saturated rings. The molecule has 1 heterocycles. The van der Waals surface area contributed by atoms with Crippen LogP contribution in [-0.2, 0) is 6.54 Å². The lowest BCUT2D eigenvalue weighted by molar-refractivity contribution is 0.353. The van der Waals surface area contributed by atoms with Crippen LogP contribution < -0.4 is 15.5 Å². The topological polar surface area (TPSA) is 40.2 Å². The maximum absolute atomic E-state index is 4.88. The SMILES string of the molecule is CN(C)c1cc(N[C@H]2CC[C@@H](NCc3cccc4ccccc34)CC2)nc2ccccc12. The summed E-state index contributed by atoms with van der Waals surface area (Å²) in [5.74, 6) is 0.986. The van der Waals surface area contributed by atoms with Gasteiger partial charge in [-0.05, 0) is 48.1 Å². The van der Waals surface area contributed by atoms with E-state index in [4.69, 9.17) is 4.98 Å². The zero-order valence-corrected chi connectivity index (χ0v) is 19.0. The fourth-order valence-electron chi connectivity index (χ4n) is 4.95. The molecule has 1 aliphatic rings. The summed E-state index contributed by atoms with van der Waals surface area (Å²) in [6, 6.07) is 26.9. The smallest absolute Gasteiger partial charge is 0.128 e. The number of para-hydroxylation sites is 1. The number of rotatable bonds is 6. The van der Waals surface area contributed by atoms with Crippen molar-refractivity contribution in [2.45, 2.75) is 44.3 Å². The summed E-state index contributed by atoms with van der Waals surface area (Å²) in [7, 11) is 4.19. The van der Waals surface area contributed by atoms with Gasteiger partial charge in [-0.3, -0.25) is 0 Å². The molecule has 2 N–H and O–H groups in total. The number of nitrogens with one attached hydrogen (secondary N) is 2. The average Bonchev–Trinajstić information content (AvgIpc) is 2.83. The molecule has 1 saturated carbocycles. The maximum atomic E-state index is 4.88. The van der Waals surface area contributed by atoms with Crippen LogP contribution in [0.25, 0.3) is 21.7 Å². The molecule has 0 bridgehead atoms. The molecule has 0 spiro atoms. The summed E-state index contributed by atoms with van der Waals surface area (Å²) < 4.78 is 0. The predicted octanol–water partition coefficient (Wildman–Crippen LogP) is 5.97. The van der Waals surface area contributed by atoms with Crippen LogP contribution in [0.4, 0.5) is 11.5 Å². The van der Waals surface area contributed by atoms with Crippen molar-refractivity contribution >= 4 is 33.2 Å². The van der Waals surface area contributed by atoms with E-state index in [0.717, 1.165) is 17.9 Å². The lowest BCUT2D eigenvalue weighted by atomic mass is 9.91. The van der Waals surface area contributed by atoms with Crippen molar-refractivity contribution < 1.29 is 0 Å². The summed E-state index contributed by atoms with van der Waals surface area (Å²) >= 11 is 0. The van der Waals surface area contributed by atoms with E-state index in [2.05, 4.69) is 102 Å². The minimum Gasteiger partial charge on any atom is -0.377 e. The third-order valence-corrected chi connectivity index (χ3v) is 6.72. The molecule has 4 aromatic rings. The van der Waals surface area contributed by atoms with Crippen molar-refractivity contribution in [1.82, 2.24) is 10.3 Å². The first-order chi connectivity index (χ1) is 15.7.